The lowest BCUT2D eigenvalue weighted by Crippen LogP contribution is -2.32. The van der Waals surface area contributed by atoms with Crippen LogP contribution in [0.2, 0.25) is 0 Å². The first-order valence-electron chi connectivity index (χ1n) is 9.78. The smallest absolute Gasteiger partial charge is 0.0971 e. The second-order valence-electron chi connectivity index (χ2n) is 7.34. The largest absolute Gasteiger partial charge is 0.760 e. The highest BCUT2D eigenvalue weighted by atomic mass is 32.2. The number of rotatable bonds is 7. The highest BCUT2D eigenvalue weighted by Crippen LogP contribution is 2.29. The molecule has 0 aliphatic carbocycles. The maximum Gasteiger partial charge on any atom is 0.0971 e. The van der Waals surface area contributed by atoms with E-state index in [4.69, 9.17) is 0 Å². The van der Waals surface area contributed by atoms with Gasteiger partial charge in [0.05, 0.1) is 17.6 Å². The van der Waals surface area contributed by atoms with Crippen LogP contribution in [0.3, 0.4) is 0 Å². The van der Waals surface area contributed by atoms with Crippen LogP contribution >= 0.6 is 0 Å². The second kappa shape index (κ2) is 9.41. The third-order valence-corrected chi connectivity index (χ3v) is 5.73. The molecule has 7 nitrogen and oxygen atoms in total. The van der Waals surface area contributed by atoms with Crippen LogP contribution in [0.4, 0.5) is 0 Å². The summed E-state index contributed by atoms with van der Waals surface area (Å²) in [4.78, 5) is 2.42. The fraction of sp³-hybridized carbons (Fsp3) is 0.333. The van der Waals surface area contributed by atoms with Crippen molar-refractivity contribution in [3.8, 4) is 5.69 Å². The van der Waals surface area contributed by atoms with Crippen LogP contribution in [0.5, 0.6) is 0 Å². The van der Waals surface area contributed by atoms with Crippen molar-refractivity contribution in [3.05, 3.63) is 77.6 Å². The maximum absolute atomic E-state index is 10.7. The second-order valence-corrected chi connectivity index (χ2v) is 8.10. The molecule has 8 heteroatoms. The Bertz CT molecular complexity index is 954. The van der Waals surface area contributed by atoms with Crippen LogP contribution in [0.25, 0.3) is 5.69 Å². The molecule has 29 heavy (non-hydrogen) atoms. The molecule has 1 aromatic heterocycles. The summed E-state index contributed by atoms with van der Waals surface area (Å²) in [5.41, 5.74) is 4.27. The van der Waals surface area contributed by atoms with Gasteiger partial charge in [0.2, 0.25) is 0 Å². The number of benzene rings is 2. The summed E-state index contributed by atoms with van der Waals surface area (Å²) in [5, 5.41) is 8.57. The van der Waals surface area contributed by atoms with Gasteiger partial charge in [0, 0.05) is 24.4 Å². The van der Waals surface area contributed by atoms with E-state index in [1.165, 1.54) is 5.56 Å². The van der Waals surface area contributed by atoms with Gasteiger partial charge in [0.1, 0.15) is 0 Å². The molecule has 4 rings (SSSR count). The maximum atomic E-state index is 10.7. The van der Waals surface area contributed by atoms with Crippen molar-refractivity contribution in [1.82, 2.24) is 24.6 Å². The van der Waals surface area contributed by atoms with E-state index in [1.807, 2.05) is 53.3 Å². The molecule has 1 saturated heterocycles. The predicted molar refractivity (Wildman–Crippen MR) is 111 cm³/mol. The molecule has 152 valence electrons. The molecular weight excluding hydrogens is 386 g/mol. The van der Waals surface area contributed by atoms with Crippen molar-refractivity contribution in [2.75, 3.05) is 13.1 Å². The Morgan fingerprint density at radius 2 is 1.90 bits per heavy atom. The molecule has 1 fully saturated rings. The first-order valence-corrected chi connectivity index (χ1v) is 10.9. The van der Waals surface area contributed by atoms with Gasteiger partial charge < -0.3 is 4.55 Å². The average Bonchev–Trinajstić information content (AvgIpc) is 3.22. The molecule has 1 N–H and O–H groups in total. The number of likely N-dealkylation sites (tertiary alicyclic amines) is 1. The zero-order valence-electron chi connectivity index (χ0n) is 16.1. The standard InChI is InChI=1S/C21H25N5O2S/c27-29(28)22-14-17-5-4-6-19(13-17)18-9-11-25(12-10-18)15-20-16-26(24-23-20)21-7-2-1-3-8-21/h1-8,13,16,18,22H,9-12,14-15H2,(H,27,28)/p-1. The molecule has 1 atom stereocenters. The van der Waals surface area contributed by atoms with Crippen molar-refractivity contribution < 1.29 is 8.76 Å². The van der Waals surface area contributed by atoms with Crippen LogP contribution in [0, 0.1) is 0 Å². The van der Waals surface area contributed by atoms with E-state index in [0.29, 0.717) is 12.5 Å². The number of para-hydroxylation sites is 1. The lowest BCUT2D eigenvalue weighted by molar-refractivity contribution is 0.202. The normalized spacial score (nSPS) is 16.7. The van der Waals surface area contributed by atoms with E-state index in [2.05, 4.69) is 32.1 Å². The van der Waals surface area contributed by atoms with E-state index in [-0.39, 0.29) is 0 Å². The van der Waals surface area contributed by atoms with Crippen molar-refractivity contribution >= 4 is 11.3 Å². The summed E-state index contributed by atoms with van der Waals surface area (Å²) in [6.07, 6.45) is 4.16. The van der Waals surface area contributed by atoms with Gasteiger partial charge in [-0.15, -0.1) is 5.10 Å². The number of piperidine rings is 1. The van der Waals surface area contributed by atoms with Gasteiger partial charge >= 0.3 is 0 Å². The number of nitrogens with one attached hydrogen (secondary N) is 1. The van der Waals surface area contributed by atoms with E-state index < -0.39 is 11.3 Å². The Kier molecular flexibility index (Phi) is 6.46. The topological polar surface area (TPSA) is 86.1 Å². The Morgan fingerprint density at radius 1 is 1.10 bits per heavy atom. The predicted octanol–water partition coefficient (Wildman–Crippen LogP) is 2.53. The van der Waals surface area contributed by atoms with Crippen LogP contribution < -0.4 is 4.72 Å². The molecule has 0 spiro atoms. The van der Waals surface area contributed by atoms with Gasteiger partial charge in [-0.1, -0.05) is 47.7 Å². The van der Waals surface area contributed by atoms with E-state index in [9.17, 15) is 8.76 Å². The van der Waals surface area contributed by atoms with Crippen LogP contribution in [0.15, 0.2) is 60.8 Å². The Balaban J connectivity index is 1.31. The van der Waals surface area contributed by atoms with Crippen LogP contribution in [0.1, 0.15) is 35.6 Å². The lowest BCUT2D eigenvalue weighted by Gasteiger charge is -2.31. The Labute approximate surface area is 173 Å². The minimum absolute atomic E-state index is 0.333. The third kappa shape index (κ3) is 5.36. The molecule has 1 aliphatic heterocycles. The Morgan fingerprint density at radius 3 is 2.66 bits per heavy atom. The zero-order chi connectivity index (χ0) is 20.1. The van der Waals surface area contributed by atoms with E-state index >= 15 is 0 Å². The minimum Gasteiger partial charge on any atom is -0.760 e. The third-order valence-electron chi connectivity index (χ3n) is 5.35. The van der Waals surface area contributed by atoms with Gasteiger partial charge in [0.25, 0.3) is 0 Å². The number of hydrogen-bond acceptors (Lipinski definition) is 5. The first-order chi connectivity index (χ1) is 14.2. The zero-order valence-corrected chi connectivity index (χ0v) is 16.9. The van der Waals surface area contributed by atoms with Crippen molar-refractivity contribution in [2.24, 2.45) is 0 Å². The molecule has 3 aromatic rings. The molecule has 2 heterocycles. The fourth-order valence-electron chi connectivity index (χ4n) is 3.83. The van der Waals surface area contributed by atoms with E-state index in [0.717, 1.165) is 49.4 Å². The summed E-state index contributed by atoms with van der Waals surface area (Å²) < 4.78 is 25.6. The lowest BCUT2D eigenvalue weighted by atomic mass is 9.88. The van der Waals surface area contributed by atoms with Gasteiger partial charge in [-0.25, -0.2) is 9.40 Å². The summed E-state index contributed by atoms with van der Waals surface area (Å²) in [6.45, 7) is 3.16. The van der Waals surface area contributed by atoms with Gasteiger partial charge in [0.15, 0.2) is 0 Å². The van der Waals surface area contributed by atoms with Gasteiger partial charge in [-0.2, -0.15) is 0 Å². The molecule has 0 saturated carbocycles. The number of hydrogen-bond donors (Lipinski definition) is 1. The first kappa shape index (κ1) is 19.9. The SMILES string of the molecule is O=S([O-])NCc1cccc(C2CCN(Cc3cn(-c4ccccc4)nn3)CC2)c1. The fourth-order valence-corrected chi connectivity index (χ4v) is 4.12. The summed E-state index contributed by atoms with van der Waals surface area (Å²) in [5.74, 6) is 0.504. The quantitative estimate of drug-likeness (QED) is 0.605. The van der Waals surface area contributed by atoms with Gasteiger partial charge in [-0.05, 0) is 55.1 Å². The highest BCUT2D eigenvalue weighted by molar-refractivity contribution is 7.77. The Hall–Kier alpha value is -2.39. The van der Waals surface area contributed by atoms with Crippen LogP contribution in [-0.2, 0) is 24.4 Å². The van der Waals surface area contributed by atoms with Crippen molar-refractivity contribution in [1.29, 1.82) is 0 Å². The molecule has 1 aliphatic rings. The average molecular weight is 411 g/mol. The molecule has 0 bridgehead atoms. The highest BCUT2D eigenvalue weighted by Gasteiger charge is 2.21. The van der Waals surface area contributed by atoms with Gasteiger partial charge in [-0.3, -0.25) is 9.11 Å². The summed E-state index contributed by atoms with van der Waals surface area (Å²) in [6, 6.07) is 18.2. The molecule has 0 radical (unpaired) electrons. The summed E-state index contributed by atoms with van der Waals surface area (Å²) >= 11 is -2.23. The summed E-state index contributed by atoms with van der Waals surface area (Å²) in [7, 11) is 0. The minimum atomic E-state index is -2.23. The van der Waals surface area contributed by atoms with E-state index in [1.54, 1.807) is 0 Å². The van der Waals surface area contributed by atoms with Crippen molar-refractivity contribution in [2.45, 2.75) is 31.8 Å². The monoisotopic (exact) mass is 410 g/mol. The number of aromatic nitrogens is 3. The van der Waals surface area contributed by atoms with Crippen molar-refractivity contribution in [3.63, 3.8) is 0 Å². The number of nitrogens with zero attached hydrogens (tertiary/aromatic N) is 4. The van der Waals surface area contributed by atoms with Crippen LogP contribution in [-0.4, -0.2) is 41.7 Å². The molecule has 0 amide bonds. The molecule has 1 unspecified atom stereocenters. The molecule has 2 aromatic carbocycles. The molecular formula is C21H24N5O2S-.